The maximum atomic E-state index is 11.3. The minimum Gasteiger partial charge on any atom is -0.479 e. The molecule has 0 bridgehead atoms. The van der Waals surface area contributed by atoms with E-state index < -0.39 is 48.2 Å². The number of fused-ring (bicyclic) bond motifs is 3. The van der Waals surface area contributed by atoms with Gasteiger partial charge in [-0.3, -0.25) is 0 Å². The van der Waals surface area contributed by atoms with Gasteiger partial charge in [-0.2, -0.15) is 0 Å². The number of aliphatic carboxylic acids is 1. The maximum Gasteiger partial charge on any atom is 0.335 e. The van der Waals surface area contributed by atoms with Crippen LogP contribution in [0.2, 0.25) is 0 Å². The molecule has 0 aromatic rings. The van der Waals surface area contributed by atoms with Gasteiger partial charge in [-0.15, -0.1) is 0 Å². The molecule has 0 radical (unpaired) electrons. The first-order valence-corrected chi connectivity index (χ1v) is 6.28. The van der Waals surface area contributed by atoms with Gasteiger partial charge in [0, 0.05) is 0 Å². The van der Waals surface area contributed by atoms with Crippen LogP contribution >= 0.6 is 0 Å². The van der Waals surface area contributed by atoms with Crippen LogP contribution in [-0.2, 0) is 28.5 Å². The van der Waals surface area contributed by atoms with Crippen molar-refractivity contribution in [3.8, 4) is 0 Å². The molecule has 0 aromatic carbocycles. The highest BCUT2D eigenvalue weighted by Gasteiger charge is 2.62. The van der Waals surface area contributed by atoms with Crippen LogP contribution < -0.4 is 0 Å². The summed E-state index contributed by atoms with van der Waals surface area (Å²) in [5.41, 5.74) is 0. The molecule has 0 aromatic heterocycles. The van der Waals surface area contributed by atoms with Crippen molar-refractivity contribution in [1.29, 1.82) is 0 Å². The summed E-state index contributed by atoms with van der Waals surface area (Å²) in [6, 6.07) is 0. The molecule has 7 heteroatoms. The van der Waals surface area contributed by atoms with E-state index in [9.17, 15) is 9.90 Å². The zero-order chi connectivity index (χ0) is 14.0. The molecule has 0 amide bonds. The van der Waals surface area contributed by atoms with Crippen LogP contribution in [0.5, 0.6) is 0 Å². The highest BCUT2D eigenvalue weighted by molar-refractivity contribution is 5.73. The Bertz CT molecular complexity index is 405. The van der Waals surface area contributed by atoms with Gasteiger partial charge in [-0.1, -0.05) is 0 Å². The van der Waals surface area contributed by atoms with Crippen molar-refractivity contribution in [2.24, 2.45) is 0 Å². The average Bonchev–Trinajstić information content (AvgIpc) is 2.70. The molecule has 3 heterocycles. The minimum atomic E-state index is -1.12. The molecule has 0 saturated carbocycles. The lowest BCUT2D eigenvalue weighted by Crippen LogP contribution is -2.57. The lowest BCUT2D eigenvalue weighted by molar-refractivity contribution is -0.237. The van der Waals surface area contributed by atoms with Gasteiger partial charge < -0.3 is 28.8 Å². The van der Waals surface area contributed by atoms with Crippen molar-refractivity contribution in [1.82, 2.24) is 0 Å². The summed E-state index contributed by atoms with van der Waals surface area (Å²) in [5, 5.41) is 9.25. The number of carbonyl (C=O) groups is 1. The van der Waals surface area contributed by atoms with Crippen LogP contribution in [0.1, 0.15) is 27.7 Å². The smallest absolute Gasteiger partial charge is 0.335 e. The largest absolute Gasteiger partial charge is 0.479 e. The summed E-state index contributed by atoms with van der Waals surface area (Å²) >= 11 is 0. The van der Waals surface area contributed by atoms with Crippen molar-refractivity contribution >= 4 is 5.97 Å². The van der Waals surface area contributed by atoms with Crippen molar-refractivity contribution in [2.75, 3.05) is 0 Å². The normalized spacial score (nSPS) is 46.6. The Morgan fingerprint density at radius 2 is 1.42 bits per heavy atom. The van der Waals surface area contributed by atoms with E-state index in [1.165, 1.54) is 0 Å². The van der Waals surface area contributed by atoms with E-state index in [-0.39, 0.29) is 0 Å². The molecular weight excluding hydrogens is 256 g/mol. The third-order valence-corrected chi connectivity index (χ3v) is 3.40. The molecule has 7 nitrogen and oxygen atoms in total. The molecule has 108 valence electrons. The number of ether oxygens (including phenoxy) is 5. The second-order valence-corrected chi connectivity index (χ2v) is 5.93. The number of carboxylic acids is 1. The molecule has 0 aliphatic carbocycles. The maximum absolute atomic E-state index is 11.3. The van der Waals surface area contributed by atoms with Gasteiger partial charge in [0.2, 0.25) is 0 Å². The molecule has 0 unspecified atom stereocenters. The van der Waals surface area contributed by atoms with Crippen molar-refractivity contribution < 1.29 is 33.6 Å². The molecule has 3 aliphatic heterocycles. The zero-order valence-electron chi connectivity index (χ0n) is 11.3. The van der Waals surface area contributed by atoms with E-state index in [0.717, 1.165) is 0 Å². The van der Waals surface area contributed by atoms with Crippen LogP contribution in [-0.4, -0.2) is 53.4 Å². The summed E-state index contributed by atoms with van der Waals surface area (Å²) in [4.78, 5) is 11.3. The Labute approximate surface area is 110 Å². The van der Waals surface area contributed by atoms with Gasteiger partial charge in [-0.25, -0.2) is 4.79 Å². The predicted molar refractivity (Wildman–Crippen MR) is 60.2 cm³/mol. The third kappa shape index (κ3) is 2.15. The Morgan fingerprint density at radius 1 is 0.895 bits per heavy atom. The number of hydrogen-bond acceptors (Lipinski definition) is 6. The van der Waals surface area contributed by atoms with Crippen LogP contribution in [0.25, 0.3) is 0 Å². The summed E-state index contributed by atoms with van der Waals surface area (Å²) in [6.45, 7) is 6.97. The minimum absolute atomic E-state index is 0.489. The molecule has 3 fully saturated rings. The second kappa shape index (κ2) is 3.89. The van der Waals surface area contributed by atoms with Crippen LogP contribution in [0, 0.1) is 0 Å². The number of hydrogen-bond donors (Lipinski definition) is 1. The Balaban J connectivity index is 1.91. The summed E-state index contributed by atoms with van der Waals surface area (Å²) < 4.78 is 28.2. The average molecular weight is 274 g/mol. The van der Waals surface area contributed by atoms with Crippen molar-refractivity contribution in [3.63, 3.8) is 0 Å². The first kappa shape index (κ1) is 13.3. The molecule has 3 saturated heterocycles. The summed E-state index contributed by atoms with van der Waals surface area (Å²) in [7, 11) is 0. The Morgan fingerprint density at radius 3 is 2.05 bits per heavy atom. The third-order valence-electron chi connectivity index (χ3n) is 3.40. The standard InChI is InChI=1S/C12H18O7/c1-11(2)16-5-6(17-11)8-10(15-7(5)9(13)14)19-12(3,4)18-8/h5-8,10H,1-4H3,(H,13,14)/t5-,6+,7+,8+,10-/m0/s1. The van der Waals surface area contributed by atoms with Gasteiger partial charge >= 0.3 is 5.97 Å². The lowest BCUT2D eigenvalue weighted by Gasteiger charge is -2.35. The highest BCUT2D eigenvalue weighted by atomic mass is 16.9. The topological polar surface area (TPSA) is 83.5 Å². The van der Waals surface area contributed by atoms with Gasteiger partial charge in [0.05, 0.1) is 0 Å². The van der Waals surface area contributed by atoms with Crippen LogP contribution in [0.4, 0.5) is 0 Å². The van der Waals surface area contributed by atoms with Gasteiger partial charge in [0.1, 0.15) is 18.3 Å². The SMILES string of the molecule is CC1(C)O[C@@H]2O[C@@H](C(=O)O)[C@H]3OC(C)(C)O[C@H]3[C@H]2O1. The number of carboxylic acid groups (broad SMARTS) is 1. The first-order valence-electron chi connectivity index (χ1n) is 6.28. The quantitative estimate of drug-likeness (QED) is 0.744. The lowest BCUT2D eigenvalue weighted by atomic mass is 9.99. The van der Waals surface area contributed by atoms with Gasteiger partial charge in [0.15, 0.2) is 24.0 Å². The molecule has 5 atom stereocenters. The predicted octanol–water partition coefficient (Wildman–Crippen LogP) is 0.467. The van der Waals surface area contributed by atoms with Crippen LogP contribution in [0.3, 0.4) is 0 Å². The van der Waals surface area contributed by atoms with E-state index in [1.807, 2.05) is 0 Å². The van der Waals surface area contributed by atoms with E-state index in [4.69, 9.17) is 23.7 Å². The fraction of sp³-hybridized carbons (Fsp3) is 0.917. The fourth-order valence-corrected chi connectivity index (χ4v) is 2.81. The number of rotatable bonds is 1. The molecule has 3 aliphatic rings. The molecular formula is C12H18O7. The van der Waals surface area contributed by atoms with Crippen molar-refractivity contribution in [2.45, 2.75) is 70.0 Å². The summed E-state index contributed by atoms with van der Waals surface area (Å²) in [6.07, 6.45) is -3.58. The van der Waals surface area contributed by atoms with E-state index >= 15 is 0 Å². The molecule has 19 heavy (non-hydrogen) atoms. The van der Waals surface area contributed by atoms with E-state index in [1.54, 1.807) is 27.7 Å². The monoisotopic (exact) mass is 274 g/mol. The Hall–Kier alpha value is -0.730. The second-order valence-electron chi connectivity index (χ2n) is 5.93. The highest BCUT2D eigenvalue weighted by Crippen LogP contribution is 2.43. The Kier molecular flexibility index (Phi) is 2.72. The molecule has 0 spiro atoms. The molecule has 3 rings (SSSR count). The first-order chi connectivity index (χ1) is 8.69. The molecule has 1 N–H and O–H groups in total. The zero-order valence-corrected chi connectivity index (χ0v) is 11.3. The summed E-state index contributed by atoms with van der Waals surface area (Å²) in [5.74, 6) is -2.79. The van der Waals surface area contributed by atoms with E-state index in [2.05, 4.69) is 0 Å². The fourth-order valence-electron chi connectivity index (χ4n) is 2.81. The van der Waals surface area contributed by atoms with Gasteiger partial charge in [0.25, 0.3) is 0 Å². The van der Waals surface area contributed by atoms with Crippen molar-refractivity contribution in [3.05, 3.63) is 0 Å². The van der Waals surface area contributed by atoms with Crippen LogP contribution in [0.15, 0.2) is 0 Å². The van der Waals surface area contributed by atoms with Gasteiger partial charge in [-0.05, 0) is 27.7 Å². The van der Waals surface area contributed by atoms with E-state index in [0.29, 0.717) is 0 Å².